The Bertz CT molecular complexity index is 591. The summed E-state index contributed by atoms with van der Waals surface area (Å²) < 4.78 is 31.2. The highest BCUT2D eigenvalue weighted by molar-refractivity contribution is 7.89. The first-order valence-electron chi connectivity index (χ1n) is 4.95. The van der Waals surface area contributed by atoms with Gasteiger partial charge in [-0.2, -0.15) is 0 Å². The van der Waals surface area contributed by atoms with Crippen LogP contribution >= 0.6 is 0 Å². The molecule has 0 radical (unpaired) electrons. The van der Waals surface area contributed by atoms with Crippen LogP contribution in [0.2, 0.25) is 0 Å². The molecule has 0 amide bonds. The lowest BCUT2D eigenvalue weighted by Crippen LogP contribution is -2.23. The highest BCUT2D eigenvalue weighted by Crippen LogP contribution is 2.13. The summed E-state index contributed by atoms with van der Waals surface area (Å²) >= 11 is 0. The van der Waals surface area contributed by atoms with Crippen LogP contribution in [-0.4, -0.2) is 8.42 Å². The van der Waals surface area contributed by atoms with E-state index < -0.39 is 10.0 Å². The molecule has 0 aliphatic heterocycles. The number of rotatable bonds is 4. The largest absolute Gasteiger partial charge is 0.468 e. The summed E-state index contributed by atoms with van der Waals surface area (Å²) in [6.07, 6.45) is 1.49. The molecule has 0 spiro atoms. The number of nitrogen functional groups attached to an aromatic ring is 1. The molecular weight excluding hydrogens is 240 g/mol. The van der Waals surface area contributed by atoms with Crippen LogP contribution in [0.3, 0.4) is 0 Å². The minimum Gasteiger partial charge on any atom is -0.468 e. The second-order valence-electron chi connectivity index (χ2n) is 3.48. The van der Waals surface area contributed by atoms with Crippen LogP contribution in [0.1, 0.15) is 5.76 Å². The average molecular weight is 252 g/mol. The molecule has 90 valence electrons. The van der Waals surface area contributed by atoms with Crippen molar-refractivity contribution >= 4 is 15.7 Å². The molecule has 0 bridgehead atoms. The van der Waals surface area contributed by atoms with E-state index in [1.807, 2.05) is 0 Å². The third kappa shape index (κ3) is 2.86. The Balaban J connectivity index is 2.14. The van der Waals surface area contributed by atoms with E-state index in [1.165, 1.54) is 18.4 Å². The Labute approximate surface area is 99.3 Å². The van der Waals surface area contributed by atoms with Gasteiger partial charge in [0, 0.05) is 5.69 Å². The fraction of sp³-hybridized carbons (Fsp3) is 0.0909. The lowest BCUT2D eigenvalue weighted by atomic mass is 10.3. The van der Waals surface area contributed by atoms with Gasteiger partial charge in [0.25, 0.3) is 0 Å². The van der Waals surface area contributed by atoms with Crippen molar-refractivity contribution < 1.29 is 12.8 Å². The number of anilines is 1. The van der Waals surface area contributed by atoms with Crippen LogP contribution in [0.25, 0.3) is 0 Å². The maximum Gasteiger partial charge on any atom is 0.241 e. The molecule has 1 heterocycles. The summed E-state index contributed by atoms with van der Waals surface area (Å²) in [6.45, 7) is 0.115. The van der Waals surface area contributed by atoms with Crippen LogP contribution in [0, 0.1) is 0 Å². The van der Waals surface area contributed by atoms with E-state index in [2.05, 4.69) is 4.72 Å². The summed E-state index contributed by atoms with van der Waals surface area (Å²) in [4.78, 5) is 0.143. The van der Waals surface area contributed by atoms with Crippen LogP contribution < -0.4 is 10.5 Å². The fourth-order valence-electron chi connectivity index (χ4n) is 1.34. The van der Waals surface area contributed by atoms with Gasteiger partial charge in [0.1, 0.15) is 5.76 Å². The molecule has 17 heavy (non-hydrogen) atoms. The molecule has 2 rings (SSSR count). The SMILES string of the molecule is Nc1cccc(S(=O)(=O)NCc2ccco2)c1. The maximum atomic E-state index is 11.9. The predicted molar refractivity (Wildman–Crippen MR) is 63.6 cm³/mol. The Hall–Kier alpha value is -1.79. The molecular formula is C11H12N2O3S. The predicted octanol–water partition coefficient (Wildman–Crippen LogP) is 1.34. The molecule has 0 atom stereocenters. The molecule has 0 saturated heterocycles. The lowest BCUT2D eigenvalue weighted by Gasteiger charge is -2.05. The zero-order chi connectivity index (χ0) is 12.3. The quantitative estimate of drug-likeness (QED) is 0.804. The Morgan fingerprint density at radius 3 is 2.71 bits per heavy atom. The molecule has 2 aromatic rings. The molecule has 0 saturated carbocycles. The number of sulfonamides is 1. The molecule has 1 aromatic heterocycles. The first kappa shape index (κ1) is 11.7. The highest BCUT2D eigenvalue weighted by Gasteiger charge is 2.14. The monoisotopic (exact) mass is 252 g/mol. The zero-order valence-electron chi connectivity index (χ0n) is 8.96. The van der Waals surface area contributed by atoms with Crippen molar-refractivity contribution in [1.82, 2.24) is 4.72 Å². The first-order valence-corrected chi connectivity index (χ1v) is 6.44. The number of hydrogen-bond donors (Lipinski definition) is 2. The molecule has 0 aliphatic rings. The van der Waals surface area contributed by atoms with E-state index in [9.17, 15) is 8.42 Å². The van der Waals surface area contributed by atoms with Crippen molar-refractivity contribution in [1.29, 1.82) is 0 Å². The normalized spacial score (nSPS) is 11.5. The molecule has 6 heteroatoms. The van der Waals surface area contributed by atoms with Gasteiger partial charge in [0.05, 0.1) is 17.7 Å². The molecule has 3 N–H and O–H groups in total. The molecule has 0 aliphatic carbocycles. The van der Waals surface area contributed by atoms with Gasteiger partial charge in [0.2, 0.25) is 10.0 Å². The van der Waals surface area contributed by atoms with Crippen molar-refractivity contribution in [2.75, 3.05) is 5.73 Å². The molecule has 1 aromatic carbocycles. The first-order chi connectivity index (χ1) is 8.08. The minimum atomic E-state index is -3.55. The topological polar surface area (TPSA) is 85.3 Å². The lowest BCUT2D eigenvalue weighted by molar-refractivity contribution is 0.498. The summed E-state index contributed by atoms with van der Waals surface area (Å²) in [5.41, 5.74) is 5.94. The van der Waals surface area contributed by atoms with E-state index in [4.69, 9.17) is 10.2 Å². The standard InChI is InChI=1S/C11H12N2O3S/c12-9-3-1-5-11(7-9)17(14,15)13-8-10-4-2-6-16-10/h1-7,13H,8,12H2. The van der Waals surface area contributed by atoms with Gasteiger partial charge in [-0.15, -0.1) is 0 Å². The number of furan rings is 1. The van der Waals surface area contributed by atoms with Crippen LogP contribution in [-0.2, 0) is 16.6 Å². The second kappa shape index (κ2) is 4.60. The van der Waals surface area contributed by atoms with Crippen LogP contribution in [0.5, 0.6) is 0 Å². The number of nitrogens with one attached hydrogen (secondary N) is 1. The second-order valence-corrected chi connectivity index (χ2v) is 5.24. The van der Waals surface area contributed by atoms with Crippen molar-refractivity contribution in [3.63, 3.8) is 0 Å². The van der Waals surface area contributed by atoms with Crippen LogP contribution in [0.15, 0.2) is 52.0 Å². The average Bonchev–Trinajstić information content (AvgIpc) is 2.79. The number of nitrogens with two attached hydrogens (primary N) is 1. The fourth-order valence-corrected chi connectivity index (χ4v) is 2.39. The summed E-state index contributed by atoms with van der Waals surface area (Å²) in [7, 11) is -3.55. The highest BCUT2D eigenvalue weighted by atomic mass is 32.2. The van der Waals surface area contributed by atoms with Gasteiger partial charge in [-0.05, 0) is 30.3 Å². The summed E-state index contributed by atoms with van der Waals surface area (Å²) in [5, 5.41) is 0. The van der Waals surface area contributed by atoms with Gasteiger partial charge >= 0.3 is 0 Å². The van der Waals surface area contributed by atoms with Crippen molar-refractivity contribution in [3.8, 4) is 0 Å². The smallest absolute Gasteiger partial charge is 0.241 e. The summed E-state index contributed by atoms with van der Waals surface area (Å²) in [6, 6.07) is 9.51. The van der Waals surface area contributed by atoms with E-state index in [1.54, 1.807) is 24.3 Å². The van der Waals surface area contributed by atoms with Gasteiger partial charge < -0.3 is 10.2 Å². The van der Waals surface area contributed by atoms with Crippen molar-refractivity contribution in [2.24, 2.45) is 0 Å². The third-order valence-corrected chi connectivity index (χ3v) is 3.58. The third-order valence-electron chi connectivity index (χ3n) is 2.18. The van der Waals surface area contributed by atoms with Crippen molar-refractivity contribution in [2.45, 2.75) is 11.4 Å². The molecule has 0 fully saturated rings. The number of hydrogen-bond acceptors (Lipinski definition) is 4. The summed E-state index contributed by atoms with van der Waals surface area (Å²) in [5.74, 6) is 0.553. The van der Waals surface area contributed by atoms with Crippen molar-refractivity contribution in [3.05, 3.63) is 48.4 Å². The molecule has 5 nitrogen and oxygen atoms in total. The van der Waals surface area contributed by atoms with Gasteiger partial charge in [-0.25, -0.2) is 13.1 Å². The Morgan fingerprint density at radius 2 is 2.06 bits per heavy atom. The maximum absolute atomic E-state index is 11.9. The van der Waals surface area contributed by atoms with E-state index in [0.717, 1.165) is 0 Å². The number of benzene rings is 1. The van der Waals surface area contributed by atoms with Crippen LogP contribution in [0.4, 0.5) is 5.69 Å². The van der Waals surface area contributed by atoms with Gasteiger partial charge in [0.15, 0.2) is 0 Å². The van der Waals surface area contributed by atoms with E-state index >= 15 is 0 Å². The Morgan fingerprint density at radius 1 is 1.24 bits per heavy atom. The van der Waals surface area contributed by atoms with E-state index in [-0.39, 0.29) is 11.4 Å². The zero-order valence-corrected chi connectivity index (χ0v) is 9.78. The molecule has 0 unspecified atom stereocenters. The Kier molecular flexibility index (Phi) is 3.16. The minimum absolute atomic E-state index is 0.115. The van der Waals surface area contributed by atoms with Gasteiger partial charge in [-0.3, -0.25) is 0 Å². The van der Waals surface area contributed by atoms with E-state index in [0.29, 0.717) is 11.4 Å². The van der Waals surface area contributed by atoms with Gasteiger partial charge in [-0.1, -0.05) is 6.07 Å².